The van der Waals surface area contributed by atoms with Crippen LogP contribution >= 0.6 is 0 Å². The minimum Gasteiger partial charge on any atom is -0.430 e. The fourth-order valence-corrected chi connectivity index (χ4v) is 2.06. The van der Waals surface area contributed by atoms with E-state index in [4.69, 9.17) is 18.9 Å². The Morgan fingerprint density at radius 1 is 0.760 bits per heavy atom. The van der Waals surface area contributed by atoms with E-state index >= 15 is 0 Å². The Labute approximate surface area is 151 Å². The Morgan fingerprint density at radius 2 is 1.08 bits per heavy atom. The number of carbonyl (C=O) groups is 2. The lowest BCUT2D eigenvalue weighted by atomic mass is 10.1. The molecule has 0 aromatic carbocycles. The molecular weight excluding hydrogens is 324 g/mol. The molecule has 0 spiro atoms. The summed E-state index contributed by atoms with van der Waals surface area (Å²) in [6.45, 7) is 18.6. The molecule has 144 valence electrons. The number of ether oxygens (including phenoxy) is 4. The molecule has 0 fully saturated rings. The van der Waals surface area contributed by atoms with Gasteiger partial charge in [-0.05, 0) is 33.1 Å². The molecule has 0 amide bonds. The molecule has 0 aromatic heterocycles. The second-order valence-electron chi connectivity index (χ2n) is 6.51. The summed E-state index contributed by atoms with van der Waals surface area (Å²) < 4.78 is 21.1. The maximum absolute atomic E-state index is 12.0. The molecular formula is C19H32O6. The number of hydrogen-bond acceptors (Lipinski definition) is 6. The van der Waals surface area contributed by atoms with Crippen molar-refractivity contribution in [2.24, 2.45) is 0 Å². The summed E-state index contributed by atoms with van der Waals surface area (Å²) in [5.41, 5.74) is 0.646. The van der Waals surface area contributed by atoms with Gasteiger partial charge in [0.15, 0.2) is 0 Å². The van der Waals surface area contributed by atoms with Crippen LogP contribution in [0.3, 0.4) is 0 Å². The standard InChI is InChI=1S/C19H32O6/c1-9-22-18(5,6)24-16(20)14(3)12-11-13-15(4)17(21)25-19(7,8)23-10-2/h3-4,9-13H2,1-2,5-8H3. The quantitative estimate of drug-likeness (QED) is 0.300. The first-order valence-electron chi connectivity index (χ1n) is 8.54. The summed E-state index contributed by atoms with van der Waals surface area (Å²) in [5, 5.41) is 0. The topological polar surface area (TPSA) is 71.1 Å². The molecule has 0 rings (SSSR count). The van der Waals surface area contributed by atoms with Crippen molar-refractivity contribution in [1.82, 2.24) is 0 Å². The van der Waals surface area contributed by atoms with Crippen molar-refractivity contribution in [3.05, 3.63) is 24.3 Å². The number of esters is 2. The molecule has 0 bridgehead atoms. The third-order valence-electron chi connectivity index (χ3n) is 3.20. The van der Waals surface area contributed by atoms with Gasteiger partial charge in [-0.25, -0.2) is 9.59 Å². The van der Waals surface area contributed by atoms with Gasteiger partial charge in [0.2, 0.25) is 11.6 Å². The van der Waals surface area contributed by atoms with Crippen LogP contribution in [0.15, 0.2) is 24.3 Å². The third-order valence-corrected chi connectivity index (χ3v) is 3.20. The van der Waals surface area contributed by atoms with Crippen LogP contribution in [0, 0.1) is 0 Å². The van der Waals surface area contributed by atoms with Gasteiger partial charge >= 0.3 is 11.9 Å². The summed E-state index contributed by atoms with van der Waals surface area (Å²) in [6.07, 6.45) is 1.32. The van der Waals surface area contributed by atoms with Gasteiger partial charge in [0, 0.05) is 52.1 Å². The first kappa shape index (κ1) is 23.3. The highest BCUT2D eigenvalue weighted by Crippen LogP contribution is 2.19. The van der Waals surface area contributed by atoms with Crippen molar-refractivity contribution >= 4 is 11.9 Å². The lowest BCUT2D eigenvalue weighted by molar-refractivity contribution is -0.211. The summed E-state index contributed by atoms with van der Waals surface area (Å²) >= 11 is 0. The summed E-state index contributed by atoms with van der Waals surface area (Å²) in [4.78, 5) is 23.9. The molecule has 0 unspecified atom stereocenters. The van der Waals surface area contributed by atoms with E-state index in [1.807, 2.05) is 13.8 Å². The third kappa shape index (κ3) is 10.0. The highest BCUT2D eigenvalue weighted by Gasteiger charge is 2.25. The highest BCUT2D eigenvalue weighted by molar-refractivity contribution is 5.88. The molecule has 25 heavy (non-hydrogen) atoms. The molecule has 0 atom stereocenters. The van der Waals surface area contributed by atoms with Crippen LogP contribution in [0.1, 0.15) is 60.8 Å². The SMILES string of the molecule is C=C(CCCC(=C)C(=O)OC(C)(C)OCC)C(=O)OC(C)(C)OCC. The second kappa shape index (κ2) is 10.4. The number of rotatable bonds is 12. The molecule has 0 radical (unpaired) electrons. The van der Waals surface area contributed by atoms with E-state index in [1.54, 1.807) is 27.7 Å². The largest absolute Gasteiger partial charge is 0.430 e. The van der Waals surface area contributed by atoms with E-state index in [1.165, 1.54) is 0 Å². The molecule has 0 saturated heterocycles. The van der Waals surface area contributed by atoms with Gasteiger partial charge in [-0.15, -0.1) is 0 Å². The zero-order chi connectivity index (χ0) is 19.7. The zero-order valence-corrected chi connectivity index (χ0v) is 16.4. The van der Waals surface area contributed by atoms with Crippen molar-refractivity contribution < 1.29 is 28.5 Å². The first-order valence-corrected chi connectivity index (χ1v) is 8.54. The first-order chi connectivity index (χ1) is 11.4. The Morgan fingerprint density at radius 3 is 1.36 bits per heavy atom. The van der Waals surface area contributed by atoms with Gasteiger partial charge in [-0.2, -0.15) is 0 Å². The zero-order valence-electron chi connectivity index (χ0n) is 16.4. The number of carbonyl (C=O) groups excluding carboxylic acids is 2. The monoisotopic (exact) mass is 356 g/mol. The maximum atomic E-state index is 12.0. The van der Waals surface area contributed by atoms with E-state index < -0.39 is 23.5 Å². The van der Waals surface area contributed by atoms with Crippen LogP contribution in [0.2, 0.25) is 0 Å². The Hall–Kier alpha value is -1.66. The molecule has 0 N–H and O–H groups in total. The fraction of sp³-hybridized carbons (Fsp3) is 0.684. The lowest BCUT2D eigenvalue weighted by Crippen LogP contribution is -2.32. The van der Waals surface area contributed by atoms with Crippen LogP contribution < -0.4 is 0 Å². The van der Waals surface area contributed by atoms with Gasteiger partial charge in [-0.1, -0.05) is 13.2 Å². The second-order valence-corrected chi connectivity index (χ2v) is 6.51. The molecule has 0 saturated carbocycles. The summed E-state index contributed by atoms with van der Waals surface area (Å²) in [6, 6.07) is 0. The predicted molar refractivity (Wildman–Crippen MR) is 95.7 cm³/mol. The van der Waals surface area contributed by atoms with Gasteiger partial charge in [0.05, 0.1) is 0 Å². The van der Waals surface area contributed by atoms with Crippen molar-refractivity contribution in [3.8, 4) is 0 Å². The van der Waals surface area contributed by atoms with E-state index in [9.17, 15) is 9.59 Å². The normalized spacial score (nSPS) is 11.8. The fourth-order valence-electron chi connectivity index (χ4n) is 2.06. The Bertz CT molecular complexity index is 446. The van der Waals surface area contributed by atoms with Gasteiger partial charge in [0.25, 0.3) is 0 Å². The lowest BCUT2D eigenvalue weighted by Gasteiger charge is -2.25. The molecule has 0 aliphatic heterocycles. The van der Waals surface area contributed by atoms with Crippen LogP contribution in [-0.2, 0) is 28.5 Å². The van der Waals surface area contributed by atoms with Crippen LogP contribution in [0.5, 0.6) is 0 Å². The van der Waals surface area contributed by atoms with Crippen molar-refractivity contribution in [2.75, 3.05) is 13.2 Å². The van der Waals surface area contributed by atoms with E-state index in [0.717, 1.165) is 0 Å². The van der Waals surface area contributed by atoms with Crippen molar-refractivity contribution in [2.45, 2.75) is 72.4 Å². The van der Waals surface area contributed by atoms with Gasteiger partial charge < -0.3 is 18.9 Å². The van der Waals surface area contributed by atoms with E-state index in [-0.39, 0.29) is 0 Å². The van der Waals surface area contributed by atoms with E-state index in [0.29, 0.717) is 43.6 Å². The minimum atomic E-state index is -0.993. The average Bonchev–Trinajstić information content (AvgIpc) is 2.45. The smallest absolute Gasteiger partial charge is 0.335 e. The van der Waals surface area contributed by atoms with Crippen LogP contribution in [0.4, 0.5) is 0 Å². The highest BCUT2D eigenvalue weighted by atomic mass is 16.7. The van der Waals surface area contributed by atoms with Gasteiger partial charge in [0.1, 0.15) is 0 Å². The molecule has 0 aliphatic rings. The Kier molecular flexibility index (Phi) is 9.67. The van der Waals surface area contributed by atoms with Gasteiger partial charge in [-0.3, -0.25) is 0 Å². The molecule has 0 aromatic rings. The summed E-state index contributed by atoms with van der Waals surface area (Å²) in [5.74, 6) is -3.01. The Balaban J connectivity index is 4.29. The minimum absolute atomic E-state index is 0.323. The van der Waals surface area contributed by atoms with Crippen LogP contribution in [0.25, 0.3) is 0 Å². The molecule has 6 nitrogen and oxygen atoms in total. The predicted octanol–water partition coefficient (Wildman–Crippen LogP) is 3.90. The molecule has 0 aliphatic carbocycles. The van der Waals surface area contributed by atoms with Crippen LogP contribution in [-0.4, -0.2) is 36.7 Å². The average molecular weight is 356 g/mol. The van der Waals surface area contributed by atoms with Crippen molar-refractivity contribution in [3.63, 3.8) is 0 Å². The summed E-state index contributed by atoms with van der Waals surface area (Å²) in [7, 11) is 0. The number of hydrogen-bond donors (Lipinski definition) is 0. The molecule has 0 heterocycles. The molecule has 6 heteroatoms. The van der Waals surface area contributed by atoms with E-state index in [2.05, 4.69) is 13.2 Å². The maximum Gasteiger partial charge on any atom is 0.335 e. The van der Waals surface area contributed by atoms with Crippen molar-refractivity contribution in [1.29, 1.82) is 0 Å².